The van der Waals surface area contributed by atoms with Crippen molar-refractivity contribution in [2.24, 2.45) is 13.0 Å². The van der Waals surface area contributed by atoms with E-state index in [1.807, 2.05) is 20.2 Å². The maximum atomic E-state index is 10.1. The molecule has 2 unspecified atom stereocenters. The molecular formula is C10H16N2O2. The molecule has 78 valence electrons. The van der Waals surface area contributed by atoms with Gasteiger partial charge in [-0.05, 0) is 13.3 Å². The molecule has 4 heteroatoms. The van der Waals surface area contributed by atoms with Gasteiger partial charge in [0.2, 0.25) is 0 Å². The van der Waals surface area contributed by atoms with E-state index < -0.39 is 6.10 Å². The van der Waals surface area contributed by atoms with E-state index >= 15 is 0 Å². The van der Waals surface area contributed by atoms with Gasteiger partial charge in [0.1, 0.15) is 0 Å². The Kier molecular flexibility index (Phi) is 2.56. The van der Waals surface area contributed by atoms with E-state index in [0.717, 1.165) is 24.3 Å². The minimum absolute atomic E-state index is 0.234. The number of nitrogens with zero attached hydrogens (tertiary/aromatic N) is 2. The molecule has 1 aromatic heterocycles. The summed E-state index contributed by atoms with van der Waals surface area (Å²) in [5.41, 5.74) is 1.84. The number of aryl methyl sites for hydroxylation is 2. The molecule has 2 rings (SSSR count). The van der Waals surface area contributed by atoms with E-state index in [2.05, 4.69) is 5.10 Å². The molecular weight excluding hydrogens is 180 g/mol. The molecule has 1 saturated heterocycles. The molecule has 2 atom stereocenters. The SMILES string of the molecule is Cc1nn(C)cc1C(O)C1CCOC1. The van der Waals surface area contributed by atoms with Gasteiger partial charge in [-0.15, -0.1) is 0 Å². The van der Waals surface area contributed by atoms with Crippen LogP contribution >= 0.6 is 0 Å². The van der Waals surface area contributed by atoms with E-state index in [1.165, 1.54) is 0 Å². The van der Waals surface area contributed by atoms with Crippen LogP contribution in [0.5, 0.6) is 0 Å². The number of aliphatic hydroxyl groups excluding tert-OH is 1. The highest BCUT2D eigenvalue weighted by Gasteiger charge is 2.27. The average molecular weight is 196 g/mol. The molecule has 1 aliphatic heterocycles. The summed E-state index contributed by atoms with van der Waals surface area (Å²) in [4.78, 5) is 0. The van der Waals surface area contributed by atoms with Gasteiger partial charge in [0, 0.05) is 31.3 Å². The smallest absolute Gasteiger partial charge is 0.0874 e. The fourth-order valence-electron chi connectivity index (χ4n) is 1.96. The van der Waals surface area contributed by atoms with Crippen LogP contribution in [0.2, 0.25) is 0 Å². The number of hydrogen-bond donors (Lipinski definition) is 1. The van der Waals surface area contributed by atoms with Crippen LogP contribution in [0.25, 0.3) is 0 Å². The highest BCUT2D eigenvalue weighted by molar-refractivity contribution is 5.19. The van der Waals surface area contributed by atoms with Crippen molar-refractivity contribution in [1.29, 1.82) is 0 Å². The number of aliphatic hydroxyl groups is 1. The van der Waals surface area contributed by atoms with Crippen molar-refractivity contribution < 1.29 is 9.84 Å². The number of hydrogen-bond acceptors (Lipinski definition) is 3. The van der Waals surface area contributed by atoms with Crippen molar-refractivity contribution in [3.05, 3.63) is 17.5 Å². The van der Waals surface area contributed by atoms with Crippen molar-refractivity contribution in [2.75, 3.05) is 13.2 Å². The van der Waals surface area contributed by atoms with Gasteiger partial charge in [0.05, 0.1) is 18.4 Å². The van der Waals surface area contributed by atoms with Crippen molar-refractivity contribution in [3.63, 3.8) is 0 Å². The quantitative estimate of drug-likeness (QED) is 0.761. The molecule has 0 aliphatic carbocycles. The zero-order chi connectivity index (χ0) is 10.1. The van der Waals surface area contributed by atoms with E-state index in [0.29, 0.717) is 6.61 Å². The second kappa shape index (κ2) is 3.71. The summed E-state index contributed by atoms with van der Waals surface area (Å²) < 4.78 is 7.00. The first kappa shape index (κ1) is 9.68. The van der Waals surface area contributed by atoms with Gasteiger partial charge >= 0.3 is 0 Å². The Bertz CT molecular complexity index is 316. The van der Waals surface area contributed by atoms with Gasteiger partial charge < -0.3 is 9.84 Å². The van der Waals surface area contributed by atoms with Crippen LogP contribution in [0, 0.1) is 12.8 Å². The molecule has 1 N–H and O–H groups in total. The van der Waals surface area contributed by atoms with Crippen LogP contribution in [0.1, 0.15) is 23.8 Å². The predicted octanol–water partition coefficient (Wildman–Crippen LogP) is 0.798. The first-order valence-corrected chi connectivity index (χ1v) is 4.94. The molecule has 4 nitrogen and oxygen atoms in total. The molecule has 1 aromatic rings. The van der Waals surface area contributed by atoms with Crippen LogP contribution in [0.15, 0.2) is 6.20 Å². The number of ether oxygens (including phenoxy) is 1. The lowest BCUT2D eigenvalue weighted by molar-refractivity contribution is 0.0913. The minimum atomic E-state index is -0.425. The third-order valence-electron chi connectivity index (χ3n) is 2.78. The zero-order valence-electron chi connectivity index (χ0n) is 8.60. The second-order valence-corrected chi connectivity index (χ2v) is 3.91. The summed E-state index contributed by atoms with van der Waals surface area (Å²) >= 11 is 0. The Labute approximate surface area is 83.5 Å². The molecule has 0 aromatic carbocycles. The minimum Gasteiger partial charge on any atom is -0.388 e. The molecule has 0 spiro atoms. The van der Waals surface area contributed by atoms with Crippen LogP contribution in [0.3, 0.4) is 0 Å². The van der Waals surface area contributed by atoms with Gasteiger partial charge in [-0.25, -0.2) is 0 Å². The van der Waals surface area contributed by atoms with Gasteiger partial charge in [-0.1, -0.05) is 0 Å². The van der Waals surface area contributed by atoms with Crippen LogP contribution in [0.4, 0.5) is 0 Å². The summed E-state index contributed by atoms with van der Waals surface area (Å²) in [6.45, 7) is 3.35. The van der Waals surface area contributed by atoms with Crippen molar-refractivity contribution in [2.45, 2.75) is 19.4 Å². The lowest BCUT2D eigenvalue weighted by Gasteiger charge is -2.15. The van der Waals surface area contributed by atoms with Gasteiger partial charge in [0.15, 0.2) is 0 Å². The second-order valence-electron chi connectivity index (χ2n) is 3.91. The maximum absolute atomic E-state index is 10.1. The Hall–Kier alpha value is -0.870. The monoisotopic (exact) mass is 196 g/mol. The Morgan fingerprint density at radius 1 is 1.71 bits per heavy atom. The highest BCUT2D eigenvalue weighted by Crippen LogP contribution is 2.29. The molecule has 2 heterocycles. The van der Waals surface area contributed by atoms with Crippen molar-refractivity contribution >= 4 is 0 Å². The molecule has 0 amide bonds. The predicted molar refractivity (Wildman–Crippen MR) is 51.8 cm³/mol. The Morgan fingerprint density at radius 3 is 3.00 bits per heavy atom. The number of aromatic nitrogens is 2. The molecule has 1 fully saturated rings. The Morgan fingerprint density at radius 2 is 2.50 bits per heavy atom. The third kappa shape index (κ3) is 1.67. The standard InChI is InChI=1S/C10H16N2O2/c1-7-9(5-12(2)11-7)10(13)8-3-4-14-6-8/h5,8,10,13H,3-4,6H2,1-2H3. The fraction of sp³-hybridized carbons (Fsp3) is 0.700. The molecule has 0 bridgehead atoms. The summed E-state index contributed by atoms with van der Waals surface area (Å²) in [6.07, 6.45) is 2.40. The highest BCUT2D eigenvalue weighted by atomic mass is 16.5. The Balaban J connectivity index is 2.17. The lowest BCUT2D eigenvalue weighted by atomic mass is 9.96. The third-order valence-corrected chi connectivity index (χ3v) is 2.78. The zero-order valence-corrected chi connectivity index (χ0v) is 8.60. The van der Waals surface area contributed by atoms with Gasteiger partial charge in [-0.3, -0.25) is 4.68 Å². The van der Waals surface area contributed by atoms with Crippen LogP contribution in [-0.2, 0) is 11.8 Å². The van der Waals surface area contributed by atoms with Crippen molar-refractivity contribution in [1.82, 2.24) is 9.78 Å². The maximum Gasteiger partial charge on any atom is 0.0874 e. The van der Waals surface area contributed by atoms with E-state index in [1.54, 1.807) is 4.68 Å². The summed E-state index contributed by atoms with van der Waals surface area (Å²) in [5.74, 6) is 0.234. The molecule has 0 radical (unpaired) electrons. The normalized spacial score (nSPS) is 24.1. The van der Waals surface area contributed by atoms with E-state index in [9.17, 15) is 5.11 Å². The van der Waals surface area contributed by atoms with Gasteiger partial charge in [0.25, 0.3) is 0 Å². The van der Waals surface area contributed by atoms with E-state index in [-0.39, 0.29) is 5.92 Å². The molecule has 1 aliphatic rings. The lowest BCUT2D eigenvalue weighted by Crippen LogP contribution is -2.12. The van der Waals surface area contributed by atoms with Crippen LogP contribution in [-0.4, -0.2) is 28.1 Å². The topological polar surface area (TPSA) is 47.3 Å². The first-order valence-electron chi connectivity index (χ1n) is 4.94. The van der Waals surface area contributed by atoms with Gasteiger partial charge in [-0.2, -0.15) is 5.10 Å². The number of rotatable bonds is 2. The van der Waals surface area contributed by atoms with Crippen molar-refractivity contribution in [3.8, 4) is 0 Å². The first-order chi connectivity index (χ1) is 6.68. The van der Waals surface area contributed by atoms with Crippen LogP contribution < -0.4 is 0 Å². The summed E-state index contributed by atoms with van der Waals surface area (Å²) in [5, 5.41) is 14.3. The van der Waals surface area contributed by atoms with E-state index in [4.69, 9.17) is 4.74 Å². The fourth-order valence-corrected chi connectivity index (χ4v) is 1.96. The largest absolute Gasteiger partial charge is 0.388 e. The average Bonchev–Trinajstić information content (AvgIpc) is 2.73. The summed E-state index contributed by atoms with van der Waals surface area (Å²) in [7, 11) is 1.87. The molecule has 14 heavy (non-hydrogen) atoms. The molecule has 0 saturated carbocycles. The summed E-state index contributed by atoms with van der Waals surface area (Å²) in [6, 6.07) is 0.